The third-order valence-electron chi connectivity index (χ3n) is 11.8. The van der Waals surface area contributed by atoms with Crippen LogP contribution in [-0.2, 0) is 0 Å². The second-order valence-electron chi connectivity index (χ2n) is 15.8. The zero-order valence-corrected chi connectivity index (χ0v) is 39.4. The Hall–Kier alpha value is -7.22. The van der Waals surface area contributed by atoms with E-state index in [1.165, 1.54) is 15.9 Å². The number of hydrogen-bond donors (Lipinski definition) is 2. The van der Waals surface area contributed by atoms with Crippen molar-refractivity contribution in [2.24, 2.45) is 0 Å². The van der Waals surface area contributed by atoms with Crippen molar-refractivity contribution in [2.75, 3.05) is 0 Å². The van der Waals surface area contributed by atoms with Gasteiger partial charge in [-0.05, 0) is 64.1 Å². The molecule has 68 heavy (non-hydrogen) atoms. The summed E-state index contributed by atoms with van der Waals surface area (Å²) in [5, 5.41) is 21.0. The van der Waals surface area contributed by atoms with Crippen LogP contribution in [0, 0.1) is 0 Å². The van der Waals surface area contributed by atoms with E-state index in [-0.39, 0.29) is 14.9 Å². The Morgan fingerprint density at radius 3 is 0.750 bits per heavy atom. The van der Waals surface area contributed by atoms with Crippen LogP contribution in [0.25, 0.3) is 0 Å². The molecule has 0 radical (unpaired) electrons. The Kier molecular flexibility index (Phi) is 17.7. The van der Waals surface area contributed by atoms with Gasteiger partial charge in [0.1, 0.15) is 34.2 Å². The summed E-state index contributed by atoms with van der Waals surface area (Å²) in [5.41, 5.74) is 0. The van der Waals surface area contributed by atoms with Crippen LogP contribution in [0.1, 0.15) is 14.9 Å². The third kappa shape index (κ3) is 10.8. The predicted octanol–water partition coefficient (Wildman–Crippen LogP) is 7.94. The van der Waals surface area contributed by atoms with Crippen molar-refractivity contribution in [1.82, 2.24) is 0 Å². The maximum atomic E-state index is 13.8. The van der Waals surface area contributed by atoms with Crippen molar-refractivity contribution >= 4 is 76.2 Å². The number of aromatic hydroxyl groups is 1. The van der Waals surface area contributed by atoms with Gasteiger partial charge in [-0.3, -0.25) is 0 Å². The lowest BCUT2D eigenvalue weighted by Crippen LogP contribution is -2.76. The molecule has 10 aromatic rings. The Morgan fingerprint density at radius 1 is 0.279 bits per heavy atom. The molecule has 0 aliphatic heterocycles. The summed E-state index contributed by atoms with van der Waals surface area (Å²) in [6, 6.07) is 98.9. The molecule has 0 bridgehead atoms. The highest BCUT2D eigenvalue weighted by Gasteiger charge is 2.48. The molecule has 3 nitrogen and oxygen atoms in total. The van der Waals surface area contributed by atoms with Gasteiger partial charge in [0.05, 0.1) is 8.32 Å². The molecular formula is C62H59O3PSi2. The Labute approximate surface area is 406 Å². The summed E-state index contributed by atoms with van der Waals surface area (Å²) in [5.74, 6) is 0.301. The minimum absolute atomic E-state index is 0. The summed E-state index contributed by atoms with van der Waals surface area (Å²) in [6.07, 6.45) is 0. The lowest BCUT2D eigenvalue weighted by atomic mass is 10.3. The molecule has 6 heteroatoms. The molecule has 338 valence electrons. The summed E-state index contributed by atoms with van der Waals surface area (Å²) in [7, 11) is -8.10. The lowest BCUT2D eigenvalue weighted by Gasteiger charge is -2.40. The first-order chi connectivity index (χ1) is 32.4. The molecule has 0 amide bonds. The van der Waals surface area contributed by atoms with Crippen LogP contribution in [0.2, 0.25) is 0 Å². The molecule has 0 unspecified atom stereocenters. The van der Waals surface area contributed by atoms with Crippen molar-refractivity contribution in [1.29, 1.82) is 0 Å². The number of rotatable bonds is 10. The Bertz CT molecular complexity index is 2560. The van der Waals surface area contributed by atoms with E-state index in [2.05, 4.69) is 97.1 Å². The van der Waals surface area contributed by atoms with Crippen LogP contribution in [0.4, 0.5) is 0 Å². The fourth-order valence-electron chi connectivity index (χ4n) is 8.61. The van der Waals surface area contributed by atoms with Crippen LogP contribution >= 0.6 is 7.26 Å². The highest BCUT2D eigenvalue weighted by molar-refractivity contribution is 8.01. The molecule has 0 aliphatic rings. The van der Waals surface area contributed by atoms with E-state index in [0.29, 0.717) is 5.75 Å². The zero-order valence-electron chi connectivity index (χ0n) is 36.5. The number of phenolic OH excluding ortho intramolecular Hbond substituents is 1. The summed E-state index contributed by atoms with van der Waals surface area (Å²) < 4.78 is 0. The lowest BCUT2D eigenvalue weighted by molar-refractivity contribution is -0.193. The van der Waals surface area contributed by atoms with Crippen LogP contribution in [0.5, 0.6) is 5.75 Å². The molecule has 10 rings (SSSR count). The number of hydrogen-bond acceptors (Lipinski definition) is 3. The van der Waals surface area contributed by atoms with Gasteiger partial charge in [-0.25, -0.2) is 0 Å². The van der Waals surface area contributed by atoms with Gasteiger partial charge in [0.15, 0.2) is 0 Å². The van der Waals surface area contributed by atoms with Crippen molar-refractivity contribution < 1.29 is 14.7 Å². The van der Waals surface area contributed by atoms with Gasteiger partial charge in [0, 0.05) is 6.07 Å². The minimum atomic E-state index is -3.13. The van der Waals surface area contributed by atoms with Gasteiger partial charge in [0.25, 0.3) is 8.32 Å². The molecule has 0 atom stereocenters. The number of benzene rings is 10. The van der Waals surface area contributed by atoms with E-state index in [1.54, 1.807) is 6.07 Å². The van der Waals surface area contributed by atoms with Crippen LogP contribution in [-0.4, -0.2) is 26.5 Å². The van der Waals surface area contributed by atoms with Gasteiger partial charge >= 0.3 is 0 Å². The summed E-state index contributed by atoms with van der Waals surface area (Å²) >= 11 is 0. The predicted molar refractivity (Wildman–Crippen MR) is 297 cm³/mol. The van der Waals surface area contributed by atoms with Gasteiger partial charge in [-0.2, -0.15) is 0 Å². The Balaban J connectivity index is 0.000000168. The van der Waals surface area contributed by atoms with E-state index in [0.717, 1.165) is 36.4 Å². The average Bonchev–Trinajstić information content (AvgIpc) is 3.41. The minimum Gasteiger partial charge on any atom is -0.848 e. The standard InChI is InChI=1S/C24H19OP.C18H16OSi.C18H15OSi.2CH4/c25-20-11-10-18-24(19-20)26(21-12-4-1-5-13-21,22-14-6-2-7-15-22)23-16-8-3-9-17-23;2*19-20(16-10-4-1-5-11-16,17-12-6-2-7-13-17)18-14-8-3-9-15-18;;/h1-19H;1-15,19H;1-15H;2*1H4/q;;-1;;/p+1. The van der Waals surface area contributed by atoms with Crippen LogP contribution in [0.15, 0.2) is 297 Å². The van der Waals surface area contributed by atoms with Gasteiger partial charge < -0.3 is 14.7 Å². The van der Waals surface area contributed by atoms with Gasteiger partial charge in [0.2, 0.25) is 0 Å². The van der Waals surface area contributed by atoms with Crippen LogP contribution < -0.4 is 57.1 Å². The van der Waals surface area contributed by atoms with Crippen molar-refractivity contribution in [3.8, 4) is 5.75 Å². The quantitative estimate of drug-likeness (QED) is 0.0833. The van der Waals surface area contributed by atoms with E-state index in [1.807, 2.05) is 194 Å². The molecule has 0 heterocycles. The van der Waals surface area contributed by atoms with Crippen LogP contribution in [0.3, 0.4) is 0 Å². The highest BCUT2D eigenvalue weighted by atomic mass is 31.2. The average molecular weight is 939 g/mol. The third-order valence-corrected chi connectivity index (χ3v) is 23.0. The maximum Gasteiger partial charge on any atom is 0.285 e. The number of phenols is 1. The maximum absolute atomic E-state index is 13.8. The van der Waals surface area contributed by atoms with Gasteiger partial charge in [-0.15, -0.1) is 0 Å². The normalized spacial score (nSPS) is 10.9. The SMILES string of the molecule is C.C.O[Si](c1ccccc1)(c1ccccc1)c1ccccc1.Oc1cccc([P+](c2ccccc2)(c2ccccc2)c2ccccc2)c1.[O-][Si](c1ccccc1)(c1ccccc1)c1ccccc1. The zero-order chi connectivity index (χ0) is 45.5. The van der Waals surface area contributed by atoms with Crippen molar-refractivity contribution in [3.05, 3.63) is 297 Å². The topological polar surface area (TPSA) is 63.5 Å². The van der Waals surface area contributed by atoms with Gasteiger partial charge in [-0.1, -0.05) is 273 Å². The first-order valence-corrected chi connectivity index (χ1v) is 27.7. The van der Waals surface area contributed by atoms with E-state index >= 15 is 0 Å². The summed E-state index contributed by atoms with van der Waals surface area (Å²) in [4.78, 5) is 25.4. The molecule has 0 aliphatic carbocycles. The molecule has 0 aromatic heterocycles. The second kappa shape index (κ2) is 24.0. The largest absolute Gasteiger partial charge is 0.848 e. The smallest absolute Gasteiger partial charge is 0.285 e. The monoisotopic (exact) mass is 938 g/mol. The molecule has 2 N–H and O–H groups in total. The fourth-order valence-corrected chi connectivity index (χ4v) is 18.9. The van der Waals surface area contributed by atoms with E-state index < -0.39 is 23.9 Å². The molecule has 0 spiro atoms. The second-order valence-corrected chi connectivity index (χ2v) is 25.4. The first kappa shape index (κ1) is 50.2. The molecule has 0 saturated heterocycles. The van der Waals surface area contributed by atoms with Crippen molar-refractivity contribution in [3.63, 3.8) is 0 Å². The highest BCUT2D eigenvalue weighted by Crippen LogP contribution is 2.54. The van der Waals surface area contributed by atoms with Crippen molar-refractivity contribution in [2.45, 2.75) is 14.9 Å². The molecule has 0 fully saturated rings. The Morgan fingerprint density at radius 2 is 0.500 bits per heavy atom. The summed E-state index contributed by atoms with van der Waals surface area (Å²) in [6.45, 7) is 0. The van der Waals surface area contributed by atoms with E-state index in [4.69, 9.17) is 0 Å². The first-order valence-electron chi connectivity index (χ1n) is 22.1. The molecular weight excluding hydrogens is 880 g/mol. The fraction of sp³-hybridized carbons (Fsp3) is 0.0323. The van der Waals surface area contributed by atoms with E-state index in [9.17, 15) is 14.7 Å². The molecule has 10 aromatic carbocycles. The molecule has 0 saturated carbocycles.